The van der Waals surface area contributed by atoms with Crippen LogP contribution in [0.4, 0.5) is 0 Å². The van der Waals surface area contributed by atoms with Crippen molar-refractivity contribution < 1.29 is 19.1 Å². The maximum absolute atomic E-state index is 12.2. The van der Waals surface area contributed by atoms with E-state index in [2.05, 4.69) is 10.0 Å². The largest absolute Gasteiger partial charge is 0.462 e. The van der Waals surface area contributed by atoms with Crippen molar-refractivity contribution >= 4 is 11.8 Å². The molecule has 1 saturated carbocycles. The number of nitrogens with zero attached hydrogens (tertiary/aromatic N) is 3. The van der Waals surface area contributed by atoms with E-state index in [0.29, 0.717) is 0 Å². The van der Waals surface area contributed by atoms with E-state index in [1.54, 1.807) is 0 Å². The van der Waals surface area contributed by atoms with Crippen molar-refractivity contribution in [2.45, 2.75) is 44.6 Å². The van der Waals surface area contributed by atoms with Crippen LogP contribution in [-0.4, -0.2) is 30.0 Å². The molecule has 7 nitrogen and oxygen atoms in total. The molecule has 1 fully saturated rings. The van der Waals surface area contributed by atoms with Gasteiger partial charge in [0, 0.05) is 18.3 Å². The van der Waals surface area contributed by atoms with Crippen molar-refractivity contribution in [3.63, 3.8) is 0 Å². The molecule has 0 N–H and O–H groups in total. The fourth-order valence-electron chi connectivity index (χ4n) is 2.49. The molecule has 0 aliphatic heterocycles. The minimum atomic E-state index is -0.803. The Balaban J connectivity index is 2.03. The highest BCUT2D eigenvalue weighted by Crippen LogP contribution is 2.25. The second kappa shape index (κ2) is 7.59. The van der Waals surface area contributed by atoms with Gasteiger partial charge in [0.15, 0.2) is 5.78 Å². The Kier molecular flexibility index (Phi) is 5.52. The number of Topliss-reactive ketones (excluding diaryl/α,β-unsaturated/α-hetero) is 1. The Labute approximate surface area is 127 Å². The summed E-state index contributed by atoms with van der Waals surface area (Å²) in [6.07, 6.45) is -0.995. The minimum Gasteiger partial charge on any atom is -0.462 e. The SMILES string of the molecule is CC(=O)O[C@H]1CC(=O)[C@@H](OCc2ccccc2)[C@H](N=[N+]=[N-])C1. The zero-order chi connectivity index (χ0) is 15.9. The number of carbonyl (C=O) groups excluding carboxylic acids is 2. The summed E-state index contributed by atoms with van der Waals surface area (Å²) in [5.74, 6) is -0.674. The van der Waals surface area contributed by atoms with Crippen molar-refractivity contribution in [2.75, 3.05) is 0 Å². The van der Waals surface area contributed by atoms with E-state index in [1.807, 2.05) is 30.3 Å². The zero-order valence-corrected chi connectivity index (χ0v) is 12.2. The maximum atomic E-state index is 12.2. The first-order chi connectivity index (χ1) is 10.6. The summed E-state index contributed by atoms with van der Waals surface area (Å²) in [5, 5.41) is 3.63. The Morgan fingerprint density at radius 3 is 2.77 bits per heavy atom. The van der Waals surface area contributed by atoms with Crippen LogP contribution in [-0.2, 0) is 25.7 Å². The lowest BCUT2D eigenvalue weighted by Crippen LogP contribution is -2.45. The lowest BCUT2D eigenvalue weighted by molar-refractivity contribution is -0.154. The molecular formula is C15H17N3O4. The highest BCUT2D eigenvalue weighted by molar-refractivity contribution is 5.85. The third-order valence-electron chi connectivity index (χ3n) is 3.41. The van der Waals surface area contributed by atoms with Gasteiger partial charge in [0.05, 0.1) is 12.6 Å². The van der Waals surface area contributed by atoms with Crippen LogP contribution < -0.4 is 0 Å². The van der Waals surface area contributed by atoms with Crippen molar-refractivity contribution in [1.29, 1.82) is 0 Å². The molecular weight excluding hydrogens is 286 g/mol. The standard InChI is InChI=1S/C15H17N3O4/c1-10(19)22-12-7-13(17-18-16)15(14(20)8-12)21-9-11-5-3-2-4-6-11/h2-6,12-13,15H,7-9H2,1H3/t12-,13-,15+/m1/s1. The maximum Gasteiger partial charge on any atom is 0.302 e. The second-order valence-corrected chi connectivity index (χ2v) is 5.13. The van der Waals surface area contributed by atoms with Gasteiger partial charge in [-0.2, -0.15) is 0 Å². The average molecular weight is 303 g/mol. The Bertz CT molecular complexity index is 584. The van der Waals surface area contributed by atoms with Crippen LogP contribution in [0.1, 0.15) is 25.3 Å². The quantitative estimate of drug-likeness (QED) is 0.361. The topological polar surface area (TPSA) is 101 Å². The number of ether oxygens (including phenoxy) is 2. The number of azide groups is 1. The third-order valence-corrected chi connectivity index (χ3v) is 3.41. The van der Waals surface area contributed by atoms with Crippen LogP contribution in [0.15, 0.2) is 35.4 Å². The Morgan fingerprint density at radius 1 is 1.41 bits per heavy atom. The molecule has 2 rings (SSSR count). The molecule has 0 spiro atoms. The molecule has 22 heavy (non-hydrogen) atoms. The molecule has 116 valence electrons. The highest BCUT2D eigenvalue weighted by Gasteiger charge is 2.38. The van der Waals surface area contributed by atoms with Crippen molar-refractivity contribution in [3.8, 4) is 0 Å². The summed E-state index contributed by atoms with van der Waals surface area (Å²) >= 11 is 0. The molecule has 0 bridgehead atoms. The lowest BCUT2D eigenvalue weighted by atomic mass is 9.89. The molecule has 7 heteroatoms. The van der Waals surface area contributed by atoms with E-state index < -0.39 is 24.2 Å². The molecule has 0 heterocycles. The fraction of sp³-hybridized carbons (Fsp3) is 0.467. The van der Waals surface area contributed by atoms with Crippen LogP contribution in [0, 0.1) is 0 Å². The number of carbonyl (C=O) groups is 2. The molecule has 0 saturated heterocycles. The number of esters is 1. The van der Waals surface area contributed by atoms with Gasteiger partial charge in [0.2, 0.25) is 0 Å². The van der Waals surface area contributed by atoms with Crippen LogP contribution >= 0.6 is 0 Å². The predicted octanol–water partition coefficient (Wildman–Crippen LogP) is 2.55. The van der Waals surface area contributed by atoms with Crippen molar-refractivity contribution in [2.24, 2.45) is 5.11 Å². The first-order valence-electron chi connectivity index (χ1n) is 7.00. The van der Waals surface area contributed by atoms with Crippen LogP contribution in [0.3, 0.4) is 0 Å². The number of hydrogen-bond donors (Lipinski definition) is 0. The van der Waals surface area contributed by atoms with Gasteiger partial charge < -0.3 is 9.47 Å². The van der Waals surface area contributed by atoms with E-state index in [-0.39, 0.29) is 25.2 Å². The van der Waals surface area contributed by atoms with Gasteiger partial charge in [-0.05, 0) is 17.5 Å². The van der Waals surface area contributed by atoms with Crippen LogP contribution in [0.2, 0.25) is 0 Å². The van der Waals surface area contributed by atoms with Crippen molar-refractivity contribution in [3.05, 3.63) is 46.3 Å². The molecule has 0 aromatic heterocycles. The molecule has 3 atom stereocenters. The molecule has 1 aliphatic rings. The second-order valence-electron chi connectivity index (χ2n) is 5.13. The van der Waals surface area contributed by atoms with Gasteiger partial charge in [-0.1, -0.05) is 35.4 Å². The number of benzene rings is 1. The smallest absolute Gasteiger partial charge is 0.302 e. The van der Waals surface area contributed by atoms with Crippen LogP contribution in [0.5, 0.6) is 0 Å². The minimum absolute atomic E-state index is 0.0798. The molecule has 1 aromatic carbocycles. The van der Waals surface area contributed by atoms with Gasteiger partial charge in [0.1, 0.15) is 12.2 Å². The molecule has 0 unspecified atom stereocenters. The summed E-state index contributed by atoms with van der Waals surface area (Å²) in [6, 6.07) is 8.75. The Hall–Kier alpha value is -2.37. The summed E-state index contributed by atoms with van der Waals surface area (Å²) in [4.78, 5) is 26.0. The molecule has 0 radical (unpaired) electrons. The average Bonchev–Trinajstić information content (AvgIpc) is 2.47. The summed E-state index contributed by atoms with van der Waals surface area (Å²) < 4.78 is 10.7. The highest BCUT2D eigenvalue weighted by atomic mass is 16.5. The van der Waals surface area contributed by atoms with Gasteiger partial charge in [-0.3, -0.25) is 9.59 Å². The Morgan fingerprint density at radius 2 is 2.14 bits per heavy atom. The van der Waals surface area contributed by atoms with E-state index >= 15 is 0 Å². The zero-order valence-electron chi connectivity index (χ0n) is 12.2. The van der Waals surface area contributed by atoms with E-state index in [0.717, 1.165) is 5.56 Å². The van der Waals surface area contributed by atoms with Gasteiger partial charge in [-0.25, -0.2) is 0 Å². The molecule has 0 amide bonds. The molecule has 1 aromatic rings. The lowest BCUT2D eigenvalue weighted by Gasteiger charge is -2.31. The first kappa shape index (κ1) is 16.0. The number of rotatable bonds is 5. The predicted molar refractivity (Wildman–Crippen MR) is 77.7 cm³/mol. The van der Waals surface area contributed by atoms with Gasteiger partial charge in [-0.15, -0.1) is 0 Å². The number of hydrogen-bond acceptors (Lipinski definition) is 5. The molecule has 1 aliphatic carbocycles. The number of ketones is 1. The van der Waals surface area contributed by atoms with Gasteiger partial charge in [0.25, 0.3) is 0 Å². The van der Waals surface area contributed by atoms with Gasteiger partial charge >= 0.3 is 5.97 Å². The van der Waals surface area contributed by atoms with Crippen LogP contribution in [0.25, 0.3) is 10.4 Å². The van der Waals surface area contributed by atoms with Crippen molar-refractivity contribution in [1.82, 2.24) is 0 Å². The first-order valence-corrected chi connectivity index (χ1v) is 7.00. The summed E-state index contributed by atoms with van der Waals surface area (Å²) in [5.41, 5.74) is 9.59. The summed E-state index contributed by atoms with van der Waals surface area (Å²) in [7, 11) is 0. The monoisotopic (exact) mass is 303 g/mol. The van der Waals surface area contributed by atoms with E-state index in [4.69, 9.17) is 15.0 Å². The fourth-order valence-corrected chi connectivity index (χ4v) is 2.49. The summed E-state index contributed by atoms with van der Waals surface area (Å²) in [6.45, 7) is 1.54. The third kappa shape index (κ3) is 4.31. The van der Waals surface area contributed by atoms with E-state index in [1.165, 1.54) is 6.92 Å². The van der Waals surface area contributed by atoms with E-state index in [9.17, 15) is 9.59 Å². The normalized spacial score (nSPS) is 24.4.